The van der Waals surface area contributed by atoms with E-state index in [-0.39, 0.29) is 41.5 Å². The van der Waals surface area contributed by atoms with Crippen molar-refractivity contribution in [1.29, 1.82) is 0 Å². The molecule has 2 atom stereocenters. The fraction of sp³-hybridized carbons (Fsp3) is 0.444. The summed E-state index contributed by atoms with van der Waals surface area (Å²) in [6.45, 7) is 4.58. The first kappa shape index (κ1) is 20.6. The summed E-state index contributed by atoms with van der Waals surface area (Å²) in [6, 6.07) is 3.97. The number of hydrogen-bond donors (Lipinski definition) is 2. The van der Waals surface area contributed by atoms with E-state index in [9.17, 15) is 8.78 Å². The molecule has 0 aliphatic heterocycles. The summed E-state index contributed by atoms with van der Waals surface area (Å²) in [5, 5.41) is 10.9. The quantitative estimate of drug-likeness (QED) is 0.406. The standard InChI is InChI=1S/C18H23F2N5.HI/c1-10-13(11(2)25(4)24-10)9-22-18(21-3)23-16-8-12(16)17-14(19)6-5-7-15(17)20;/h5-7,12,16H,8-9H2,1-4H3,(H2,21,22,23);1H. The van der Waals surface area contributed by atoms with Gasteiger partial charge in [-0.1, -0.05) is 6.07 Å². The van der Waals surface area contributed by atoms with Gasteiger partial charge < -0.3 is 10.6 Å². The molecule has 0 amide bonds. The van der Waals surface area contributed by atoms with Gasteiger partial charge in [-0.3, -0.25) is 9.67 Å². The van der Waals surface area contributed by atoms with Crippen molar-refractivity contribution in [2.45, 2.75) is 38.8 Å². The van der Waals surface area contributed by atoms with E-state index < -0.39 is 11.6 Å². The predicted molar refractivity (Wildman–Crippen MR) is 109 cm³/mol. The molecule has 142 valence electrons. The first-order valence-corrected chi connectivity index (χ1v) is 8.32. The van der Waals surface area contributed by atoms with E-state index in [1.807, 2.05) is 25.6 Å². The molecule has 1 fully saturated rings. The summed E-state index contributed by atoms with van der Waals surface area (Å²) < 4.78 is 29.6. The summed E-state index contributed by atoms with van der Waals surface area (Å²) >= 11 is 0. The predicted octanol–water partition coefficient (Wildman–Crippen LogP) is 3.15. The average Bonchev–Trinajstić information content (AvgIpc) is 3.26. The molecule has 0 bridgehead atoms. The van der Waals surface area contributed by atoms with Crippen LogP contribution in [0.2, 0.25) is 0 Å². The van der Waals surface area contributed by atoms with Gasteiger partial charge in [-0.25, -0.2) is 8.78 Å². The maximum Gasteiger partial charge on any atom is 0.191 e. The number of nitrogens with one attached hydrogen (secondary N) is 2. The Labute approximate surface area is 169 Å². The van der Waals surface area contributed by atoms with E-state index in [4.69, 9.17) is 0 Å². The molecule has 1 heterocycles. The number of halogens is 3. The summed E-state index contributed by atoms with van der Waals surface area (Å²) in [6.07, 6.45) is 0.684. The van der Waals surface area contributed by atoms with E-state index in [1.165, 1.54) is 18.2 Å². The highest BCUT2D eigenvalue weighted by Gasteiger charge is 2.42. The second kappa shape index (κ2) is 8.32. The first-order chi connectivity index (χ1) is 11.9. The molecule has 1 aliphatic carbocycles. The van der Waals surface area contributed by atoms with Crippen molar-refractivity contribution in [1.82, 2.24) is 20.4 Å². The Kier molecular flexibility index (Phi) is 6.59. The first-order valence-electron chi connectivity index (χ1n) is 8.32. The molecule has 1 aromatic heterocycles. The highest BCUT2D eigenvalue weighted by atomic mass is 127. The molecule has 2 aromatic rings. The number of benzene rings is 1. The summed E-state index contributed by atoms with van der Waals surface area (Å²) in [5.41, 5.74) is 3.35. The zero-order valence-electron chi connectivity index (χ0n) is 15.3. The van der Waals surface area contributed by atoms with Crippen LogP contribution in [0.3, 0.4) is 0 Å². The third-order valence-corrected chi connectivity index (χ3v) is 4.80. The molecule has 3 rings (SSSR count). The molecule has 0 saturated heterocycles. The highest BCUT2D eigenvalue weighted by Crippen LogP contribution is 2.43. The molecule has 26 heavy (non-hydrogen) atoms. The molecule has 8 heteroatoms. The Hall–Kier alpha value is -1.71. The fourth-order valence-corrected chi connectivity index (χ4v) is 3.15. The summed E-state index contributed by atoms with van der Waals surface area (Å²) in [5.74, 6) is -0.522. The number of aliphatic imine (C=N–C) groups is 1. The number of hydrogen-bond acceptors (Lipinski definition) is 2. The van der Waals surface area contributed by atoms with Crippen molar-refractivity contribution in [2.24, 2.45) is 12.0 Å². The minimum absolute atomic E-state index is 0. The van der Waals surface area contributed by atoms with Crippen molar-refractivity contribution in [2.75, 3.05) is 7.05 Å². The molecule has 2 N–H and O–H groups in total. The minimum Gasteiger partial charge on any atom is -0.353 e. The van der Waals surface area contributed by atoms with Crippen LogP contribution in [-0.2, 0) is 13.6 Å². The number of aromatic nitrogens is 2. The molecule has 1 saturated carbocycles. The second-order valence-corrected chi connectivity index (χ2v) is 6.43. The van der Waals surface area contributed by atoms with Gasteiger partial charge in [-0.05, 0) is 32.4 Å². The molecule has 2 unspecified atom stereocenters. The number of nitrogens with zero attached hydrogens (tertiary/aromatic N) is 3. The fourth-order valence-electron chi connectivity index (χ4n) is 3.15. The van der Waals surface area contributed by atoms with Crippen LogP contribution >= 0.6 is 24.0 Å². The average molecular weight is 475 g/mol. The third kappa shape index (κ3) is 4.16. The van der Waals surface area contributed by atoms with Crippen LogP contribution in [0.25, 0.3) is 0 Å². The van der Waals surface area contributed by atoms with Crippen LogP contribution in [0, 0.1) is 25.5 Å². The van der Waals surface area contributed by atoms with Crippen LogP contribution in [0.4, 0.5) is 8.78 Å². The van der Waals surface area contributed by atoms with Crippen molar-refractivity contribution in [3.8, 4) is 0 Å². The molecular formula is C18H24F2IN5. The monoisotopic (exact) mass is 475 g/mol. The van der Waals surface area contributed by atoms with Gasteiger partial charge in [0, 0.05) is 49.4 Å². The molecular weight excluding hydrogens is 451 g/mol. The zero-order chi connectivity index (χ0) is 18.1. The summed E-state index contributed by atoms with van der Waals surface area (Å²) in [4.78, 5) is 4.20. The Morgan fingerprint density at radius 1 is 1.31 bits per heavy atom. The number of aryl methyl sites for hydroxylation is 2. The van der Waals surface area contributed by atoms with E-state index in [0.717, 1.165) is 17.0 Å². The van der Waals surface area contributed by atoms with Crippen LogP contribution in [0.15, 0.2) is 23.2 Å². The Morgan fingerprint density at radius 3 is 2.50 bits per heavy atom. The van der Waals surface area contributed by atoms with E-state index in [0.29, 0.717) is 18.9 Å². The van der Waals surface area contributed by atoms with E-state index in [1.54, 1.807) is 7.05 Å². The van der Waals surface area contributed by atoms with Gasteiger partial charge in [0.05, 0.1) is 5.69 Å². The van der Waals surface area contributed by atoms with Gasteiger partial charge in [0.2, 0.25) is 0 Å². The lowest BCUT2D eigenvalue weighted by molar-refractivity contribution is 0.553. The smallest absolute Gasteiger partial charge is 0.191 e. The van der Waals surface area contributed by atoms with Gasteiger partial charge in [0.1, 0.15) is 11.6 Å². The van der Waals surface area contributed by atoms with Crippen molar-refractivity contribution >= 4 is 29.9 Å². The van der Waals surface area contributed by atoms with Gasteiger partial charge >= 0.3 is 0 Å². The SMILES string of the molecule is CN=C(NCc1c(C)nn(C)c1C)NC1CC1c1c(F)cccc1F.I. The largest absolute Gasteiger partial charge is 0.353 e. The Morgan fingerprint density at radius 2 is 1.96 bits per heavy atom. The second-order valence-electron chi connectivity index (χ2n) is 6.43. The summed E-state index contributed by atoms with van der Waals surface area (Å²) in [7, 11) is 3.59. The van der Waals surface area contributed by atoms with Gasteiger partial charge in [0.15, 0.2) is 5.96 Å². The van der Waals surface area contributed by atoms with Gasteiger partial charge in [0.25, 0.3) is 0 Å². The maximum absolute atomic E-state index is 13.9. The lowest BCUT2D eigenvalue weighted by atomic mass is 10.1. The van der Waals surface area contributed by atoms with Gasteiger partial charge in [-0.15, -0.1) is 24.0 Å². The van der Waals surface area contributed by atoms with Crippen LogP contribution in [0.5, 0.6) is 0 Å². The van der Waals surface area contributed by atoms with Gasteiger partial charge in [-0.2, -0.15) is 5.10 Å². The number of rotatable bonds is 4. The number of guanidine groups is 1. The van der Waals surface area contributed by atoms with Crippen molar-refractivity contribution in [3.05, 3.63) is 52.3 Å². The lowest BCUT2D eigenvalue weighted by Gasteiger charge is -2.12. The lowest BCUT2D eigenvalue weighted by Crippen LogP contribution is -2.38. The molecule has 0 radical (unpaired) electrons. The molecule has 5 nitrogen and oxygen atoms in total. The van der Waals surface area contributed by atoms with Crippen LogP contribution in [0.1, 0.15) is 34.9 Å². The topological polar surface area (TPSA) is 54.2 Å². The normalized spacial score (nSPS) is 19.1. The van der Waals surface area contributed by atoms with Crippen LogP contribution in [-0.4, -0.2) is 28.8 Å². The molecule has 1 aliphatic rings. The third-order valence-electron chi connectivity index (χ3n) is 4.80. The maximum atomic E-state index is 13.9. The van der Waals surface area contributed by atoms with Crippen molar-refractivity contribution in [3.63, 3.8) is 0 Å². The molecule has 0 spiro atoms. The van der Waals surface area contributed by atoms with Crippen molar-refractivity contribution < 1.29 is 8.78 Å². The van der Waals surface area contributed by atoms with E-state index in [2.05, 4.69) is 20.7 Å². The minimum atomic E-state index is -0.487. The van der Waals surface area contributed by atoms with Crippen LogP contribution < -0.4 is 10.6 Å². The zero-order valence-corrected chi connectivity index (χ0v) is 17.6. The Balaban J connectivity index is 0.00000243. The Bertz CT molecular complexity index is 798. The highest BCUT2D eigenvalue weighted by molar-refractivity contribution is 14.0. The van der Waals surface area contributed by atoms with E-state index >= 15 is 0 Å². The molecule has 1 aromatic carbocycles.